The van der Waals surface area contributed by atoms with Crippen molar-refractivity contribution in [3.05, 3.63) is 89.5 Å². The van der Waals surface area contributed by atoms with E-state index in [9.17, 15) is 15.0 Å². The zero-order valence-electron chi connectivity index (χ0n) is 17.9. The SMILES string of the molecule is CCOC1Oc2ccc([C@@H](O)[C@@H](N=C(c3ccccc3)c3ccccc3N)C(=O)O)cc2O1. The Kier molecular flexibility index (Phi) is 6.58. The monoisotopic (exact) mass is 448 g/mol. The molecule has 0 saturated heterocycles. The summed E-state index contributed by atoms with van der Waals surface area (Å²) < 4.78 is 16.4. The van der Waals surface area contributed by atoms with Crippen LogP contribution in [0.2, 0.25) is 0 Å². The highest BCUT2D eigenvalue weighted by atomic mass is 16.9. The number of aliphatic hydroxyl groups is 1. The van der Waals surface area contributed by atoms with E-state index in [0.717, 1.165) is 0 Å². The van der Waals surface area contributed by atoms with Crippen molar-refractivity contribution in [1.82, 2.24) is 0 Å². The number of para-hydroxylation sites is 1. The van der Waals surface area contributed by atoms with Crippen LogP contribution in [-0.2, 0) is 9.53 Å². The number of hydrogen-bond donors (Lipinski definition) is 3. The van der Waals surface area contributed by atoms with Crippen molar-refractivity contribution in [2.24, 2.45) is 4.99 Å². The molecule has 3 atom stereocenters. The number of fused-ring (bicyclic) bond motifs is 1. The third kappa shape index (κ3) is 4.82. The van der Waals surface area contributed by atoms with Crippen molar-refractivity contribution in [3.63, 3.8) is 0 Å². The van der Waals surface area contributed by atoms with E-state index in [2.05, 4.69) is 4.99 Å². The van der Waals surface area contributed by atoms with Gasteiger partial charge in [-0.05, 0) is 30.7 Å². The summed E-state index contributed by atoms with van der Waals surface area (Å²) >= 11 is 0. The highest BCUT2D eigenvalue weighted by molar-refractivity contribution is 6.16. The van der Waals surface area contributed by atoms with E-state index < -0.39 is 24.6 Å². The molecule has 4 N–H and O–H groups in total. The molecule has 3 aromatic carbocycles. The number of rotatable bonds is 8. The number of nitrogens with two attached hydrogens (primary N) is 1. The second-order valence-corrected chi connectivity index (χ2v) is 7.34. The minimum absolute atomic E-state index is 0.319. The Bertz CT molecular complexity index is 1160. The van der Waals surface area contributed by atoms with E-state index in [1.807, 2.05) is 37.3 Å². The molecule has 3 aromatic rings. The first-order chi connectivity index (χ1) is 16.0. The van der Waals surface area contributed by atoms with E-state index >= 15 is 0 Å². The van der Waals surface area contributed by atoms with Crippen LogP contribution in [0.4, 0.5) is 5.69 Å². The van der Waals surface area contributed by atoms with Gasteiger partial charge in [0.25, 0.3) is 0 Å². The Morgan fingerprint density at radius 1 is 1.06 bits per heavy atom. The van der Waals surface area contributed by atoms with Crippen molar-refractivity contribution in [2.75, 3.05) is 12.3 Å². The van der Waals surface area contributed by atoms with Crippen LogP contribution in [0.25, 0.3) is 0 Å². The number of anilines is 1. The molecule has 1 unspecified atom stereocenters. The highest BCUT2D eigenvalue weighted by Gasteiger charge is 2.31. The molecule has 0 saturated carbocycles. The number of carboxylic acids is 1. The second-order valence-electron chi connectivity index (χ2n) is 7.34. The Labute approximate surface area is 190 Å². The fourth-order valence-corrected chi connectivity index (χ4v) is 3.52. The lowest BCUT2D eigenvalue weighted by atomic mass is 9.98. The summed E-state index contributed by atoms with van der Waals surface area (Å²) in [7, 11) is 0. The summed E-state index contributed by atoms with van der Waals surface area (Å²) in [5.74, 6) is -0.481. The molecule has 170 valence electrons. The molecular weight excluding hydrogens is 424 g/mol. The number of aliphatic carboxylic acids is 1. The zero-order chi connectivity index (χ0) is 23.4. The van der Waals surface area contributed by atoms with Gasteiger partial charge in [0, 0.05) is 16.8 Å². The average molecular weight is 448 g/mol. The summed E-state index contributed by atoms with van der Waals surface area (Å²) in [5, 5.41) is 21.0. The first kappa shape index (κ1) is 22.3. The normalized spacial score (nSPS) is 16.9. The van der Waals surface area contributed by atoms with Crippen LogP contribution in [0.1, 0.15) is 29.7 Å². The molecule has 0 aliphatic carbocycles. The molecule has 0 radical (unpaired) electrons. The molecule has 0 aromatic heterocycles. The molecule has 4 rings (SSSR count). The molecule has 1 heterocycles. The number of carboxylic acid groups (broad SMARTS) is 1. The standard InChI is InChI=1S/C25H24N2O6/c1-2-31-25-32-19-13-12-16(14-20(19)33-25)23(28)22(24(29)30)27-21(15-8-4-3-5-9-15)17-10-6-7-11-18(17)26/h3-14,22-23,25,28H,2,26H2,1H3,(H,29,30)/t22-,23-,25?/m1/s1. The first-order valence-electron chi connectivity index (χ1n) is 10.5. The number of carbonyl (C=O) groups is 1. The molecule has 0 fully saturated rings. The maximum absolute atomic E-state index is 12.2. The minimum atomic E-state index is -1.50. The average Bonchev–Trinajstić information content (AvgIpc) is 3.22. The van der Waals surface area contributed by atoms with Crippen molar-refractivity contribution < 1.29 is 29.2 Å². The third-order valence-electron chi connectivity index (χ3n) is 5.14. The van der Waals surface area contributed by atoms with Crippen LogP contribution in [0.3, 0.4) is 0 Å². The van der Waals surface area contributed by atoms with Crippen LogP contribution in [0.5, 0.6) is 11.5 Å². The van der Waals surface area contributed by atoms with Crippen molar-refractivity contribution in [3.8, 4) is 11.5 Å². The van der Waals surface area contributed by atoms with E-state index in [4.69, 9.17) is 19.9 Å². The molecular formula is C25H24N2O6. The van der Waals surface area contributed by atoms with Crippen LogP contribution in [-0.4, -0.2) is 41.0 Å². The summed E-state index contributed by atoms with van der Waals surface area (Å²) in [6.07, 6.45) is -1.45. The maximum atomic E-state index is 12.2. The van der Waals surface area contributed by atoms with Gasteiger partial charge < -0.3 is 30.2 Å². The van der Waals surface area contributed by atoms with Crippen LogP contribution >= 0.6 is 0 Å². The number of nitrogen functional groups attached to an aromatic ring is 1. The van der Waals surface area contributed by atoms with Crippen LogP contribution < -0.4 is 15.2 Å². The van der Waals surface area contributed by atoms with Crippen molar-refractivity contribution in [2.45, 2.75) is 25.5 Å². The second kappa shape index (κ2) is 9.72. The number of nitrogens with zero attached hydrogens (tertiary/aromatic N) is 1. The van der Waals surface area contributed by atoms with Crippen molar-refractivity contribution in [1.29, 1.82) is 0 Å². The van der Waals surface area contributed by atoms with Gasteiger partial charge in [0.05, 0.1) is 12.3 Å². The first-order valence-corrected chi connectivity index (χ1v) is 10.5. The number of aliphatic hydroxyl groups excluding tert-OH is 1. The Balaban J connectivity index is 1.72. The van der Waals surface area contributed by atoms with Gasteiger partial charge in [0.1, 0.15) is 6.10 Å². The van der Waals surface area contributed by atoms with Gasteiger partial charge in [0.2, 0.25) is 0 Å². The quantitative estimate of drug-likeness (QED) is 0.356. The molecule has 1 aliphatic rings. The Morgan fingerprint density at radius 2 is 1.76 bits per heavy atom. The number of aliphatic imine (C=N–C) groups is 1. The maximum Gasteiger partial charge on any atom is 0.361 e. The predicted octanol–water partition coefficient (Wildman–Crippen LogP) is 3.38. The van der Waals surface area contributed by atoms with Crippen molar-refractivity contribution >= 4 is 17.4 Å². The number of ether oxygens (including phenoxy) is 3. The smallest absolute Gasteiger partial charge is 0.361 e. The van der Waals surface area contributed by atoms with Gasteiger partial charge in [-0.2, -0.15) is 0 Å². The number of benzene rings is 3. The lowest BCUT2D eigenvalue weighted by molar-refractivity contribution is -0.173. The molecule has 0 spiro atoms. The third-order valence-corrected chi connectivity index (χ3v) is 5.14. The lowest BCUT2D eigenvalue weighted by Gasteiger charge is -2.19. The van der Waals surface area contributed by atoms with E-state index in [0.29, 0.717) is 46.2 Å². The van der Waals surface area contributed by atoms with Gasteiger partial charge in [-0.25, -0.2) is 4.79 Å². The minimum Gasteiger partial charge on any atom is -0.480 e. The Hall–Kier alpha value is -3.88. The largest absolute Gasteiger partial charge is 0.480 e. The zero-order valence-corrected chi connectivity index (χ0v) is 17.9. The molecule has 0 bridgehead atoms. The topological polar surface area (TPSA) is 124 Å². The summed E-state index contributed by atoms with van der Waals surface area (Å²) in [6.45, 7) is 1.33. The molecule has 8 heteroatoms. The van der Waals surface area contributed by atoms with Crippen LogP contribution in [0.15, 0.2) is 77.8 Å². The fourth-order valence-electron chi connectivity index (χ4n) is 3.52. The van der Waals surface area contributed by atoms with Gasteiger partial charge in [0.15, 0.2) is 17.5 Å². The molecule has 0 amide bonds. The van der Waals surface area contributed by atoms with E-state index in [-0.39, 0.29) is 0 Å². The van der Waals surface area contributed by atoms with Gasteiger partial charge in [-0.1, -0.05) is 54.6 Å². The Morgan fingerprint density at radius 3 is 2.45 bits per heavy atom. The molecule has 8 nitrogen and oxygen atoms in total. The van der Waals surface area contributed by atoms with Gasteiger partial charge >= 0.3 is 12.4 Å². The summed E-state index contributed by atoms with van der Waals surface area (Å²) in [5.41, 5.74) is 8.56. The van der Waals surface area contributed by atoms with Gasteiger partial charge in [-0.3, -0.25) is 4.99 Å². The summed E-state index contributed by atoms with van der Waals surface area (Å²) in [6, 6.07) is 19.4. The highest BCUT2D eigenvalue weighted by Crippen LogP contribution is 2.38. The fraction of sp³-hybridized carbons (Fsp3) is 0.200. The molecule has 1 aliphatic heterocycles. The summed E-state index contributed by atoms with van der Waals surface area (Å²) in [4.78, 5) is 16.7. The molecule has 33 heavy (non-hydrogen) atoms. The van der Waals surface area contributed by atoms with E-state index in [1.54, 1.807) is 36.4 Å². The van der Waals surface area contributed by atoms with Gasteiger partial charge in [-0.15, -0.1) is 0 Å². The number of hydrogen-bond acceptors (Lipinski definition) is 7. The lowest BCUT2D eigenvalue weighted by Crippen LogP contribution is -2.28. The van der Waals surface area contributed by atoms with E-state index in [1.165, 1.54) is 6.07 Å². The predicted molar refractivity (Wildman–Crippen MR) is 122 cm³/mol. The van der Waals surface area contributed by atoms with Crippen LogP contribution in [0, 0.1) is 0 Å².